The summed E-state index contributed by atoms with van der Waals surface area (Å²) in [7, 11) is 0. The van der Waals surface area contributed by atoms with Crippen molar-refractivity contribution in [1.82, 2.24) is 5.32 Å². The van der Waals surface area contributed by atoms with Crippen LogP contribution in [0.2, 0.25) is 0 Å². The molecule has 0 saturated carbocycles. The number of aliphatic hydroxyl groups excluding tert-OH is 2. The summed E-state index contributed by atoms with van der Waals surface area (Å²) >= 11 is 0. The van der Waals surface area contributed by atoms with Gasteiger partial charge in [0.05, 0.1) is 25.4 Å². The van der Waals surface area contributed by atoms with E-state index in [1.807, 2.05) is 6.08 Å². The molecule has 6 heteroatoms. The van der Waals surface area contributed by atoms with Gasteiger partial charge in [0.25, 0.3) is 0 Å². The quantitative estimate of drug-likeness (QED) is 0.0320. The van der Waals surface area contributed by atoms with E-state index < -0.39 is 12.1 Å². The normalized spacial score (nSPS) is 12.5. The van der Waals surface area contributed by atoms with Crippen LogP contribution < -0.4 is 5.32 Å². The van der Waals surface area contributed by atoms with Crippen molar-refractivity contribution < 1.29 is 24.5 Å². The van der Waals surface area contributed by atoms with Crippen LogP contribution in [0.25, 0.3) is 0 Å². The van der Waals surface area contributed by atoms with Crippen molar-refractivity contribution in [2.24, 2.45) is 0 Å². The molecule has 446 valence electrons. The van der Waals surface area contributed by atoms with Gasteiger partial charge in [-0.05, 0) is 32.1 Å². The molecule has 0 aliphatic rings. The SMILES string of the molecule is CCCCCCCCCCCCCCCCCCCCCCC/C=C/C(O)C(CO)NC(=O)CCCCCCCCCCCCCCCCCCCCCCCCCOC(=O)CCCCCCCCCCCCCC. The Hall–Kier alpha value is -1.40. The number of allylic oxidation sites excluding steroid dienone is 1. The zero-order valence-corrected chi connectivity index (χ0v) is 51.1. The van der Waals surface area contributed by atoms with Crippen LogP contribution in [-0.2, 0) is 14.3 Å². The predicted molar refractivity (Wildman–Crippen MR) is 329 cm³/mol. The van der Waals surface area contributed by atoms with Gasteiger partial charge in [-0.3, -0.25) is 9.59 Å². The highest BCUT2D eigenvalue weighted by Crippen LogP contribution is 2.19. The first kappa shape index (κ1) is 73.6. The number of amides is 1. The molecule has 0 aromatic heterocycles. The van der Waals surface area contributed by atoms with Gasteiger partial charge < -0.3 is 20.3 Å². The summed E-state index contributed by atoms with van der Waals surface area (Å²) in [6, 6.07) is -0.628. The number of esters is 1. The number of carbonyl (C=O) groups is 2. The second-order valence-corrected chi connectivity index (χ2v) is 23.9. The van der Waals surface area contributed by atoms with E-state index in [9.17, 15) is 19.8 Å². The first-order valence-corrected chi connectivity index (χ1v) is 34.5. The predicted octanol–water partition coefficient (Wildman–Crippen LogP) is 22.0. The third kappa shape index (κ3) is 61.7. The minimum Gasteiger partial charge on any atom is -0.466 e. The van der Waals surface area contributed by atoms with E-state index in [0.29, 0.717) is 19.4 Å². The van der Waals surface area contributed by atoms with Crippen LogP contribution in [-0.4, -0.2) is 47.4 Å². The van der Waals surface area contributed by atoms with Crippen molar-refractivity contribution in [2.75, 3.05) is 13.2 Å². The van der Waals surface area contributed by atoms with Gasteiger partial charge in [-0.15, -0.1) is 0 Å². The molecular weight excluding hydrogens is 923 g/mol. The van der Waals surface area contributed by atoms with Crippen molar-refractivity contribution in [1.29, 1.82) is 0 Å². The Kier molecular flexibility index (Phi) is 63.9. The fraction of sp³-hybridized carbons (Fsp3) is 0.942. The van der Waals surface area contributed by atoms with Gasteiger partial charge in [0, 0.05) is 12.8 Å². The number of carbonyl (C=O) groups excluding carboxylic acids is 2. The molecule has 2 unspecified atom stereocenters. The van der Waals surface area contributed by atoms with Crippen LogP contribution in [0.15, 0.2) is 12.2 Å². The second kappa shape index (κ2) is 65.1. The van der Waals surface area contributed by atoms with E-state index in [1.165, 1.54) is 327 Å². The highest BCUT2D eigenvalue weighted by atomic mass is 16.5. The van der Waals surface area contributed by atoms with Crippen LogP contribution in [0.1, 0.15) is 393 Å². The molecule has 0 bridgehead atoms. The number of aliphatic hydroxyl groups is 2. The summed E-state index contributed by atoms with van der Waals surface area (Å²) in [6.07, 6.45) is 79.9. The van der Waals surface area contributed by atoms with Gasteiger partial charge in [-0.25, -0.2) is 0 Å². The largest absolute Gasteiger partial charge is 0.466 e. The molecule has 0 fully saturated rings. The lowest BCUT2D eigenvalue weighted by molar-refractivity contribution is -0.143. The topological polar surface area (TPSA) is 95.9 Å². The van der Waals surface area contributed by atoms with Gasteiger partial charge in [0.2, 0.25) is 5.91 Å². The first-order chi connectivity index (χ1) is 37.0. The van der Waals surface area contributed by atoms with Crippen molar-refractivity contribution in [3.8, 4) is 0 Å². The molecule has 0 aromatic rings. The standard InChI is InChI=1S/C69H135NO5/c1-3-5-7-9-11-13-15-17-18-19-20-21-23-26-29-32-35-38-41-45-49-53-57-61-67(72)66(65-71)70-68(73)62-58-54-50-46-42-39-36-33-30-27-24-22-25-28-31-34-37-40-44-48-52-56-60-64-75-69(74)63-59-55-51-47-43-16-14-12-10-8-6-4-2/h57,61,66-67,71-72H,3-56,58-60,62-65H2,1-2H3,(H,70,73)/b61-57+. The number of rotatable bonds is 65. The Balaban J connectivity index is 3.40. The van der Waals surface area contributed by atoms with Crippen molar-refractivity contribution in [2.45, 2.75) is 405 Å². The monoisotopic (exact) mass is 1060 g/mol. The van der Waals surface area contributed by atoms with Crippen LogP contribution in [0.5, 0.6) is 0 Å². The van der Waals surface area contributed by atoms with Gasteiger partial charge in [0.15, 0.2) is 0 Å². The van der Waals surface area contributed by atoms with E-state index in [-0.39, 0.29) is 18.5 Å². The van der Waals surface area contributed by atoms with E-state index in [4.69, 9.17) is 4.74 Å². The minimum atomic E-state index is -0.845. The summed E-state index contributed by atoms with van der Waals surface area (Å²) in [5.41, 5.74) is 0. The minimum absolute atomic E-state index is 0.0156. The summed E-state index contributed by atoms with van der Waals surface area (Å²) < 4.78 is 5.48. The summed E-state index contributed by atoms with van der Waals surface area (Å²) in [5, 5.41) is 23.3. The fourth-order valence-electron chi connectivity index (χ4n) is 11.1. The molecule has 75 heavy (non-hydrogen) atoms. The lowest BCUT2D eigenvalue weighted by Crippen LogP contribution is -2.45. The van der Waals surface area contributed by atoms with Gasteiger partial charge in [-0.2, -0.15) is 0 Å². The van der Waals surface area contributed by atoms with E-state index in [0.717, 1.165) is 38.5 Å². The van der Waals surface area contributed by atoms with Crippen molar-refractivity contribution in [3.05, 3.63) is 12.2 Å². The number of nitrogens with one attached hydrogen (secondary N) is 1. The molecule has 0 spiro atoms. The maximum Gasteiger partial charge on any atom is 0.305 e. The summed E-state index contributed by atoms with van der Waals surface area (Å²) in [6.45, 7) is 4.94. The molecule has 0 aliphatic heterocycles. The third-order valence-electron chi connectivity index (χ3n) is 16.3. The summed E-state index contributed by atoms with van der Waals surface area (Å²) in [5.74, 6) is -0.0470. The average Bonchev–Trinajstić information content (AvgIpc) is 3.41. The molecule has 1 amide bonds. The lowest BCUT2D eigenvalue weighted by Gasteiger charge is -2.20. The smallest absolute Gasteiger partial charge is 0.305 e. The number of ether oxygens (including phenoxy) is 1. The van der Waals surface area contributed by atoms with E-state index in [1.54, 1.807) is 6.08 Å². The van der Waals surface area contributed by atoms with Crippen LogP contribution in [0, 0.1) is 0 Å². The third-order valence-corrected chi connectivity index (χ3v) is 16.3. The zero-order chi connectivity index (χ0) is 54.3. The molecule has 0 aliphatic carbocycles. The number of unbranched alkanes of at least 4 members (excludes halogenated alkanes) is 54. The molecule has 0 saturated heterocycles. The Morgan fingerprint density at radius 2 is 0.613 bits per heavy atom. The van der Waals surface area contributed by atoms with Crippen LogP contribution >= 0.6 is 0 Å². The zero-order valence-electron chi connectivity index (χ0n) is 51.1. The van der Waals surface area contributed by atoms with Gasteiger partial charge in [0.1, 0.15) is 0 Å². The lowest BCUT2D eigenvalue weighted by atomic mass is 10.0. The van der Waals surface area contributed by atoms with Crippen LogP contribution in [0.4, 0.5) is 0 Å². The summed E-state index contributed by atoms with van der Waals surface area (Å²) in [4.78, 5) is 24.6. The Labute approximate surface area is 469 Å². The molecule has 2 atom stereocenters. The van der Waals surface area contributed by atoms with Gasteiger partial charge >= 0.3 is 5.97 Å². The molecule has 0 rings (SSSR count). The number of hydrogen-bond donors (Lipinski definition) is 3. The molecule has 0 aromatic carbocycles. The van der Waals surface area contributed by atoms with E-state index >= 15 is 0 Å². The highest BCUT2D eigenvalue weighted by molar-refractivity contribution is 5.76. The van der Waals surface area contributed by atoms with Crippen molar-refractivity contribution >= 4 is 11.9 Å². The van der Waals surface area contributed by atoms with Gasteiger partial charge in [-0.1, -0.05) is 360 Å². The molecule has 6 nitrogen and oxygen atoms in total. The Morgan fingerprint density at radius 3 is 0.907 bits per heavy atom. The van der Waals surface area contributed by atoms with Crippen molar-refractivity contribution in [3.63, 3.8) is 0 Å². The maximum atomic E-state index is 12.5. The number of hydrogen-bond acceptors (Lipinski definition) is 5. The average molecular weight is 1060 g/mol. The maximum absolute atomic E-state index is 12.5. The Morgan fingerprint density at radius 1 is 0.360 bits per heavy atom. The first-order valence-electron chi connectivity index (χ1n) is 34.5. The highest BCUT2D eigenvalue weighted by Gasteiger charge is 2.18. The Bertz CT molecular complexity index is 1130. The van der Waals surface area contributed by atoms with E-state index in [2.05, 4.69) is 19.2 Å². The molecule has 0 heterocycles. The fourth-order valence-corrected chi connectivity index (χ4v) is 11.1. The second-order valence-electron chi connectivity index (χ2n) is 23.9. The molecule has 3 N–H and O–H groups in total. The molecule has 0 radical (unpaired) electrons. The molecular formula is C69H135NO5. The van der Waals surface area contributed by atoms with Crippen LogP contribution in [0.3, 0.4) is 0 Å².